The predicted octanol–water partition coefficient (Wildman–Crippen LogP) is 3.76. The summed E-state index contributed by atoms with van der Waals surface area (Å²) in [5.41, 5.74) is 3.83. The van der Waals surface area contributed by atoms with E-state index in [9.17, 15) is 0 Å². The summed E-state index contributed by atoms with van der Waals surface area (Å²) in [7, 11) is 1.95. The molecule has 0 fully saturated rings. The maximum absolute atomic E-state index is 4.74. The molecular formula is C19H30IN5S. The average molecular weight is 487 g/mol. The van der Waals surface area contributed by atoms with Gasteiger partial charge in [0.15, 0.2) is 5.96 Å². The van der Waals surface area contributed by atoms with Gasteiger partial charge in [-0.3, -0.25) is 4.68 Å². The number of aromatic nitrogens is 2. The van der Waals surface area contributed by atoms with Crippen molar-refractivity contribution in [2.45, 2.75) is 38.1 Å². The molecule has 0 atom stereocenters. The van der Waals surface area contributed by atoms with E-state index in [1.807, 2.05) is 17.9 Å². The van der Waals surface area contributed by atoms with E-state index in [0.717, 1.165) is 31.9 Å². The Hall–Kier alpha value is -1.22. The molecule has 2 rings (SSSR count). The molecule has 1 heterocycles. The third kappa shape index (κ3) is 7.57. The van der Waals surface area contributed by atoms with Gasteiger partial charge in [0.1, 0.15) is 0 Å². The van der Waals surface area contributed by atoms with E-state index in [1.54, 1.807) is 11.8 Å². The van der Waals surface area contributed by atoms with Gasteiger partial charge in [-0.1, -0.05) is 12.1 Å². The van der Waals surface area contributed by atoms with Crippen LogP contribution >= 0.6 is 35.7 Å². The lowest BCUT2D eigenvalue weighted by molar-refractivity contribution is 0.740. The zero-order valence-corrected chi connectivity index (χ0v) is 19.2. The number of guanidine groups is 1. The van der Waals surface area contributed by atoms with Crippen LogP contribution in [-0.4, -0.2) is 35.1 Å². The van der Waals surface area contributed by atoms with E-state index in [4.69, 9.17) is 4.99 Å². The second-order valence-corrected chi connectivity index (χ2v) is 6.91. The van der Waals surface area contributed by atoms with Crippen LogP contribution in [0.1, 0.15) is 30.0 Å². The number of nitrogens with zero attached hydrogens (tertiary/aromatic N) is 3. The first-order chi connectivity index (χ1) is 12.1. The summed E-state index contributed by atoms with van der Waals surface area (Å²) in [5.74, 6) is 0.876. The Morgan fingerprint density at radius 1 is 1.31 bits per heavy atom. The molecule has 2 N–H and O–H groups in total. The van der Waals surface area contributed by atoms with Crippen molar-refractivity contribution in [2.24, 2.45) is 12.0 Å². The van der Waals surface area contributed by atoms with Crippen LogP contribution in [0.15, 0.2) is 40.5 Å². The number of hydrogen-bond acceptors (Lipinski definition) is 3. The Bertz CT molecular complexity index is 699. The summed E-state index contributed by atoms with van der Waals surface area (Å²) in [6.07, 6.45) is 8.19. The van der Waals surface area contributed by atoms with E-state index in [0.29, 0.717) is 6.54 Å². The van der Waals surface area contributed by atoms with Crippen molar-refractivity contribution in [1.29, 1.82) is 0 Å². The maximum Gasteiger partial charge on any atom is 0.191 e. The van der Waals surface area contributed by atoms with Crippen molar-refractivity contribution < 1.29 is 0 Å². The number of aryl methyl sites for hydroxylation is 3. The van der Waals surface area contributed by atoms with Crippen LogP contribution in [-0.2, 0) is 20.0 Å². The van der Waals surface area contributed by atoms with Crippen molar-refractivity contribution in [3.63, 3.8) is 0 Å². The summed E-state index contributed by atoms with van der Waals surface area (Å²) in [5, 5.41) is 10.9. The van der Waals surface area contributed by atoms with Gasteiger partial charge >= 0.3 is 0 Å². The third-order valence-corrected chi connectivity index (χ3v) is 4.71. The summed E-state index contributed by atoms with van der Waals surface area (Å²) in [6, 6.07) is 6.55. The lowest BCUT2D eigenvalue weighted by Crippen LogP contribution is -2.37. The minimum atomic E-state index is 0. The second kappa shape index (κ2) is 12.2. The maximum atomic E-state index is 4.74. The SMILES string of the molecule is CCNC(=NCc1ccc(C)cc1SC)NCCCc1cnn(C)c1.I. The summed E-state index contributed by atoms with van der Waals surface area (Å²) in [4.78, 5) is 6.04. The van der Waals surface area contributed by atoms with Crippen molar-refractivity contribution in [2.75, 3.05) is 19.3 Å². The smallest absolute Gasteiger partial charge is 0.191 e. The van der Waals surface area contributed by atoms with E-state index in [2.05, 4.69) is 60.2 Å². The molecule has 0 saturated heterocycles. The van der Waals surface area contributed by atoms with Crippen molar-refractivity contribution in [1.82, 2.24) is 20.4 Å². The standard InChI is InChI=1S/C19H29N5S.HI/c1-5-20-19(21-10-6-7-16-12-23-24(3)14-16)22-13-17-9-8-15(2)11-18(17)25-4;/h8-9,11-12,14H,5-7,10,13H2,1-4H3,(H2,20,21,22);1H. The summed E-state index contributed by atoms with van der Waals surface area (Å²) in [6.45, 7) is 6.66. The molecule has 1 aromatic heterocycles. The molecule has 0 aliphatic rings. The molecule has 0 bridgehead atoms. The number of thioether (sulfide) groups is 1. The van der Waals surface area contributed by atoms with Gasteiger partial charge in [0.25, 0.3) is 0 Å². The van der Waals surface area contributed by atoms with Crippen LogP contribution in [0.4, 0.5) is 0 Å². The zero-order chi connectivity index (χ0) is 18.1. The van der Waals surface area contributed by atoms with Gasteiger partial charge in [-0.05, 0) is 55.7 Å². The molecule has 0 unspecified atom stereocenters. The molecule has 0 aliphatic heterocycles. The van der Waals surface area contributed by atoms with Gasteiger partial charge < -0.3 is 10.6 Å². The van der Waals surface area contributed by atoms with E-state index < -0.39 is 0 Å². The molecule has 0 radical (unpaired) electrons. The van der Waals surface area contributed by atoms with Crippen LogP contribution in [0, 0.1) is 6.92 Å². The highest BCUT2D eigenvalue weighted by molar-refractivity contribution is 14.0. The van der Waals surface area contributed by atoms with Crippen LogP contribution in [0.25, 0.3) is 0 Å². The molecule has 5 nitrogen and oxygen atoms in total. The highest BCUT2D eigenvalue weighted by Crippen LogP contribution is 2.22. The fourth-order valence-electron chi connectivity index (χ4n) is 2.59. The molecule has 26 heavy (non-hydrogen) atoms. The Labute approximate surface area is 178 Å². The largest absolute Gasteiger partial charge is 0.357 e. The molecule has 2 aromatic rings. The monoisotopic (exact) mass is 487 g/mol. The van der Waals surface area contributed by atoms with Crippen LogP contribution in [0.2, 0.25) is 0 Å². The Morgan fingerprint density at radius 2 is 2.12 bits per heavy atom. The highest BCUT2D eigenvalue weighted by atomic mass is 127. The normalized spacial score (nSPS) is 11.2. The molecule has 144 valence electrons. The number of halogens is 1. The topological polar surface area (TPSA) is 54.2 Å². The molecule has 0 spiro atoms. The van der Waals surface area contributed by atoms with E-state index in [1.165, 1.54) is 21.6 Å². The summed E-state index contributed by atoms with van der Waals surface area (Å²) >= 11 is 1.78. The Kier molecular flexibility index (Phi) is 10.7. The van der Waals surface area contributed by atoms with Gasteiger partial charge in [0, 0.05) is 31.2 Å². The Balaban J connectivity index is 0.00000338. The van der Waals surface area contributed by atoms with Crippen LogP contribution in [0.3, 0.4) is 0 Å². The number of nitrogens with one attached hydrogen (secondary N) is 2. The fourth-order valence-corrected chi connectivity index (χ4v) is 3.29. The molecule has 7 heteroatoms. The number of benzene rings is 1. The molecule has 0 amide bonds. The first-order valence-corrected chi connectivity index (χ1v) is 9.98. The zero-order valence-electron chi connectivity index (χ0n) is 16.1. The highest BCUT2D eigenvalue weighted by Gasteiger charge is 2.03. The van der Waals surface area contributed by atoms with Gasteiger partial charge in [0.2, 0.25) is 0 Å². The average Bonchev–Trinajstić information content (AvgIpc) is 3.02. The van der Waals surface area contributed by atoms with Gasteiger partial charge in [-0.25, -0.2) is 4.99 Å². The number of aliphatic imine (C=N–C) groups is 1. The molecular weight excluding hydrogens is 457 g/mol. The first kappa shape index (κ1) is 22.8. The molecule has 1 aromatic carbocycles. The fraction of sp³-hybridized carbons (Fsp3) is 0.474. The second-order valence-electron chi connectivity index (χ2n) is 6.06. The summed E-state index contributed by atoms with van der Waals surface area (Å²) < 4.78 is 1.85. The quantitative estimate of drug-likeness (QED) is 0.196. The lowest BCUT2D eigenvalue weighted by Gasteiger charge is -2.12. The van der Waals surface area contributed by atoms with Gasteiger partial charge in [-0.2, -0.15) is 5.10 Å². The Morgan fingerprint density at radius 3 is 2.77 bits per heavy atom. The molecule has 0 saturated carbocycles. The van der Waals surface area contributed by atoms with E-state index >= 15 is 0 Å². The van der Waals surface area contributed by atoms with Crippen molar-refractivity contribution in [3.05, 3.63) is 47.3 Å². The van der Waals surface area contributed by atoms with Crippen molar-refractivity contribution in [3.8, 4) is 0 Å². The van der Waals surface area contributed by atoms with E-state index in [-0.39, 0.29) is 24.0 Å². The van der Waals surface area contributed by atoms with Crippen LogP contribution < -0.4 is 10.6 Å². The minimum absolute atomic E-state index is 0. The lowest BCUT2D eigenvalue weighted by atomic mass is 10.1. The van der Waals surface area contributed by atoms with Crippen molar-refractivity contribution >= 4 is 41.7 Å². The number of hydrogen-bond donors (Lipinski definition) is 2. The third-order valence-electron chi connectivity index (χ3n) is 3.89. The predicted molar refractivity (Wildman–Crippen MR) is 123 cm³/mol. The van der Waals surface area contributed by atoms with Gasteiger partial charge in [-0.15, -0.1) is 35.7 Å². The van der Waals surface area contributed by atoms with Gasteiger partial charge in [0.05, 0.1) is 12.7 Å². The number of rotatable bonds is 8. The molecule has 0 aliphatic carbocycles. The minimum Gasteiger partial charge on any atom is -0.357 e. The first-order valence-electron chi connectivity index (χ1n) is 8.75. The van der Waals surface area contributed by atoms with Crippen LogP contribution in [0.5, 0.6) is 0 Å².